The molecule has 0 atom stereocenters. The molecule has 28 heavy (non-hydrogen) atoms. The van der Waals surface area contributed by atoms with Gasteiger partial charge in [0.25, 0.3) is 0 Å². The molecule has 3 rings (SSSR count). The van der Waals surface area contributed by atoms with Gasteiger partial charge in [0, 0.05) is 18.8 Å². The molecule has 1 aliphatic rings. The molecule has 0 aromatic heterocycles. The van der Waals surface area contributed by atoms with E-state index in [1.807, 2.05) is 0 Å². The third-order valence-electron chi connectivity index (χ3n) is 4.33. The van der Waals surface area contributed by atoms with Crippen molar-refractivity contribution in [2.75, 3.05) is 38.7 Å². The maximum Gasteiger partial charge on any atom is 0.244 e. The quantitative estimate of drug-likeness (QED) is 0.770. The van der Waals surface area contributed by atoms with Crippen LogP contribution in [0.4, 0.5) is 5.69 Å². The molecule has 1 amide bonds. The lowest BCUT2D eigenvalue weighted by Gasteiger charge is -2.26. The van der Waals surface area contributed by atoms with Gasteiger partial charge >= 0.3 is 0 Å². The third-order valence-corrected chi connectivity index (χ3v) is 6.71. The Kier molecular flexibility index (Phi) is 6.56. The summed E-state index contributed by atoms with van der Waals surface area (Å²) in [4.78, 5) is 12.3. The average Bonchev–Trinajstić information content (AvgIpc) is 2.70. The molecule has 0 unspecified atom stereocenters. The van der Waals surface area contributed by atoms with Gasteiger partial charge in [-0.3, -0.25) is 4.79 Å². The molecule has 0 bridgehead atoms. The highest BCUT2D eigenvalue weighted by molar-refractivity contribution is 7.89. The van der Waals surface area contributed by atoms with Crippen LogP contribution in [-0.2, 0) is 26.0 Å². The number of anilines is 1. The number of hydrogen-bond donors (Lipinski definition) is 1. The number of morpholine rings is 1. The molecular formula is C19H21ClN2O5S. The molecule has 7 nitrogen and oxygen atoms in total. The molecular weight excluding hydrogens is 404 g/mol. The summed E-state index contributed by atoms with van der Waals surface area (Å²) in [5.74, 6) is 0.446. The minimum absolute atomic E-state index is 0.0293. The maximum absolute atomic E-state index is 12.9. The summed E-state index contributed by atoms with van der Waals surface area (Å²) in [5, 5.41) is 2.84. The molecule has 0 saturated carbocycles. The van der Waals surface area contributed by atoms with Crippen LogP contribution in [0.3, 0.4) is 0 Å². The van der Waals surface area contributed by atoms with E-state index in [1.54, 1.807) is 37.4 Å². The van der Waals surface area contributed by atoms with Crippen LogP contribution in [0.1, 0.15) is 5.56 Å². The summed E-state index contributed by atoms with van der Waals surface area (Å²) in [6.45, 7) is 1.23. The van der Waals surface area contributed by atoms with Crippen molar-refractivity contribution in [1.29, 1.82) is 0 Å². The highest BCUT2D eigenvalue weighted by Crippen LogP contribution is 2.28. The Labute approximate surface area is 169 Å². The number of ether oxygens (including phenoxy) is 2. The number of benzene rings is 2. The lowest BCUT2D eigenvalue weighted by molar-refractivity contribution is -0.115. The number of sulfonamides is 1. The van der Waals surface area contributed by atoms with Crippen molar-refractivity contribution in [2.45, 2.75) is 11.3 Å². The van der Waals surface area contributed by atoms with Crippen molar-refractivity contribution in [3.63, 3.8) is 0 Å². The number of halogens is 1. The van der Waals surface area contributed by atoms with Gasteiger partial charge < -0.3 is 14.8 Å². The Bertz CT molecular complexity index is 941. The SMILES string of the molecule is COc1ccc(CC(=O)Nc2ccc(Cl)c(S(=O)(=O)N3CCOCC3)c2)cc1. The number of methoxy groups -OCH3 is 1. The smallest absolute Gasteiger partial charge is 0.244 e. The van der Waals surface area contributed by atoms with E-state index in [-0.39, 0.29) is 35.3 Å². The van der Waals surface area contributed by atoms with Crippen LogP contribution in [0.25, 0.3) is 0 Å². The first-order chi connectivity index (χ1) is 13.4. The Balaban J connectivity index is 1.74. The molecule has 0 aliphatic carbocycles. The van der Waals surface area contributed by atoms with Crippen LogP contribution in [0, 0.1) is 0 Å². The first kappa shape index (κ1) is 20.6. The van der Waals surface area contributed by atoms with Crippen molar-refractivity contribution in [2.24, 2.45) is 0 Å². The van der Waals surface area contributed by atoms with Gasteiger partial charge in [-0.15, -0.1) is 0 Å². The zero-order valence-corrected chi connectivity index (χ0v) is 16.9. The molecule has 9 heteroatoms. The summed E-state index contributed by atoms with van der Waals surface area (Å²) in [7, 11) is -2.19. The fourth-order valence-corrected chi connectivity index (χ4v) is 4.75. The van der Waals surface area contributed by atoms with Crippen LogP contribution in [0.15, 0.2) is 47.4 Å². The summed E-state index contributed by atoms with van der Waals surface area (Å²) in [6, 6.07) is 11.6. The fourth-order valence-electron chi connectivity index (χ4n) is 2.84. The summed E-state index contributed by atoms with van der Waals surface area (Å²) in [6.07, 6.45) is 0.151. The largest absolute Gasteiger partial charge is 0.497 e. The maximum atomic E-state index is 12.9. The minimum Gasteiger partial charge on any atom is -0.497 e. The van der Waals surface area contributed by atoms with E-state index in [9.17, 15) is 13.2 Å². The summed E-state index contributed by atoms with van der Waals surface area (Å²) >= 11 is 6.13. The number of carbonyl (C=O) groups is 1. The number of hydrogen-bond acceptors (Lipinski definition) is 5. The monoisotopic (exact) mass is 424 g/mol. The first-order valence-corrected chi connectivity index (χ1v) is 10.5. The van der Waals surface area contributed by atoms with Crippen molar-refractivity contribution in [1.82, 2.24) is 4.31 Å². The summed E-state index contributed by atoms with van der Waals surface area (Å²) < 4.78 is 37.4. The molecule has 2 aromatic rings. The second kappa shape index (κ2) is 8.91. The number of amides is 1. The number of nitrogens with one attached hydrogen (secondary N) is 1. The molecule has 150 valence electrons. The predicted molar refractivity (Wildman–Crippen MR) is 106 cm³/mol. The molecule has 1 N–H and O–H groups in total. The van der Waals surface area contributed by atoms with E-state index in [4.69, 9.17) is 21.1 Å². The van der Waals surface area contributed by atoms with Crippen molar-refractivity contribution >= 4 is 33.2 Å². The van der Waals surface area contributed by atoms with Crippen molar-refractivity contribution in [3.05, 3.63) is 53.1 Å². The lowest BCUT2D eigenvalue weighted by Crippen LogP contribution is -2.40. The Morgan fingerprint density at radius 1 is 1.18 bits per heavy atom. The number of nitrogens with zero attached hydrogens (tertiary/aromatic N) is 1. The highest BCUT2D eigenvalue weighted by Gasteiger charge is 2.28. The normalized spacial score (nSPS) is 15.2. The molecule has 2 aromatic carbocycles. The fraction of sp³-hybridized carbons (Fsp3) is 0.316. The van der Waals surface area contributed by atoms with Gasteiger partial charge in [0.1, 0.15) is 10.6 Å². The van der Waals surface area contributed by atoms with Crippen LogP contribution in [-0.4, -0.2) is 52.0 Å². The topological polar surface area (TPSA) is 84.9 Å². The van der Waals surface area contributed by atoms with Gasteiger partial charge in [0.15, 0.2) is 0 Å². The van der Waals surface area contributed by atoms with Gasteiger partial charge in [-0.2, -0.15) is 4.31 Å². The van der Waals surface area contributed by atoms with Gasteiger partial charge in [-0.25, -0.2) is 8.42 Å². The lowest BCUT2D eigenvalue weighted by atomic mass is 10.1. The molecule has 1 fully saturated rings. The molecule has 1 saturated heterocycles. The average molecular weight is 425 g/mol. The first-order valence-electron chi connectivity index (χ1n) is 8.70. The Morgan fingerprint density at radius 2 is 1.86 bits per heavy atom. The van der Waals surface area contributed by atoms with Gasteiger partial charge in [-0.05, 0) is 35.9 Å². The predicted octanol–water partition coefficient (Wildman–Crippen LogP) is 2.55. The van der Waals surface area contributed by atoms with E-state index in [0.29, 0.717) is 24.7 Å². The van der Waals surface area contributed by atoms with E-state index >= 15 is 0 Å². The molecule has 0 radical (unpaired) electrons. The van der Waals surface area contributed by atoms with Crippen LogP contribution >= 0.6 is 11.6 Å². The minimum atomic E-state index is -3.76. The van der Waals surface area contributed by atoms with Crippen molar-refractivity contribution in [3.8, 4) is 5.75 Å². The number of carbonyl (C=O) groups excluding carboxylic acids is 1. The molecule has 0 spiro atoms. The van der Waals surface area contributed by atoms with E-state index < -0.39 is 10.0 Å². The zero-order chi connectivity index (χ0) is 20.1. The second-order valence-corrected chi connectivity index (χ2v) is 8.55. The van der Waals surface area contributed by atoms with Crippen LogP contribution in [0.2, 0.25) is 5.02 Å². The van der Waals surface area contributed by atoms with Crippen LogP contribution in [0.5, 0.6) is 5.75 Å². The van der Waals surface area contributed by atoms with Gasteiger partial charge in [0.05, 0.1) is 31.8 Å². The van der Waals surface area contributed by atoms with E-state index in [2.05, 4.69) is 5.32 Å². The standard InChI is InChI=1S/C19H21ClN2O5S/c1-26-16-5-2-14(3-6-16)12-19(23)21-15-4-7-17(20)18(13-15)28(24,25)22-8-10-27-11-9-22/h2-7,13H,8-12H2,1H3,(H,21,23). The van der Waals surface area contributed by atoms with Crippen LogP contribution < -0.4 is 10.1 Å². The van der Waals surface area contributed by atoms with Gasteiger partial charge in [0.2, 0.25) is 15.9 Å². The van der Waals surface area contributed by atoms with Gasteiger partial charge in [-0.1, -0.05) is 23.7 Å². The number of rotatable bonds is 6. The summed E-state index contributed by atoms with van der Waals surface area (Å²) in [5.41, 5.74) is 1.18. The zero-order valence-electron chi connectivity index (χ0n) is 15.4. The highest BCUT2D eigenvalue weighted by atomic mass is 35.5. The Morgan fingerprint density at radius 3 is 2.50 bits per heavy atom. The Hall–Kier alpha value is -2.13. The van der Waals surface area contributed by atoms with Crippen molar-refractivity contribution < 1.29 is 22.7 Å². The third kappa shape index (κ3) is 4.82. The molecule has 1 heterocycles. The second-order valence-electron chi connectivity index (χ2n) is 6.23. The van der Waals surface area contributed by atoms with E-state index in [1.165, 1.54) is 16.4 Å². The molecule has 1 aliphatic heterocycles. The van der Waals surface area contributed by atoms with E-state index in [0.717, 1.165) is 5.56 Å².